The lowest BCUT2D eigenvalue weighted by atomic mass is 9.96. The van der Waals surface area contributed by atoms with Crippen LogP contribution >= 0.6 is 22.9 Å². The number of rotatable bonds is 3. The van der Waals surface area contributed by atoms with Crippen LogP contribution in [0.25, 0.3) is 4.96 Å². The molecule has 0 bridgehead atoms. The summed E-state index contributed by atoms with van der Waals surface area (Å²) in [6, 6.07) is 0. The van der Waals surface area contributed by atoms with Crippen molar-refractivity contribution in [3.63, 3.8) is 0 Å². The van der Waals surface area contributed by atoms with Crippen LogP contribution in [0.2, 0.25) is 5.15 Å². The summed E-state index contributed by atoms with van der Waals surface area (Å²) < 4.78 is 28.6. The van der Waals surface area contributed by atoms with Crippen LogP contribution in [-0.2, 0) is 10.0 Å². The molecule has 1 fully saturated rings. The summed E-state index contributed by atoms with van der Waals surface area (Å²) in [6.07, 6.45) is 4.64. The summed E-state index contributed by atoms with van der Waals surface area (Å²) in [7, 11) is -3.57. The first-order valence-corrected chi connectivity index (χ1v) is 9.35. The Hall–Kier alpha value is -0.630. The van der Waals surface area contributed by atoms with Crippen LogP contribution < -0.4 is 0 Å². The minimum atomic E-state index is -3.57. The molecule has 2 aromatic heterocycles. The Balaban J connectivity index is 1.96. The van der Waals surface area contributed by atoms with E-state index in [0.717, 1.165) is 19.3 Å². The number of aromatic nitrogens is 2. The fourth-order valence-electron chi connectivity index (χ4n) is 2.65. The zero-order chi connectivity index (χ0) is 14.3. The lowest BCUT2D eigenvalue weighted by Crippen LogP contribution is -2.38. The third-order valence-electron chi connectivity index (χ3n) is 3.91. The zero-order valence-electron chi connectivity index (χ0n) is 11.1. The number of hydrogen-bond donors (Lipinski definition) is 0. The molecular weight excluding hydrogens is 318 g/mol. The first kappa shape index (κ1) is 14.3. The van der Waals surface area contributed by atoms with Gasteiger partial charge in [0.05, 0.1) is 0 Å². The Morgan fingerprint density at radius 3 is 2.80 bits per heavy atom. The van der Waals surface area contributed by atoms with E-state index in [4.69, 9.17) is 11.6 Å². The predicted molar refractivity (Wildman–Crippen MR) is 79.9 cm³/mol. The Kier molecular flexibility index (Phi) is 3.79. The predicted octanol–water partition coefficient (Wildman–Crippen LogP) is 2.86. The molecule has 110 valence electrons. The molecule has 1 aliphatic heterocycles. The number of imidazole rings is 1. The van der Waals surface area contributed by atoms with Crippen LogP contribution in [0.1, 0.15) is 26.2 Å². The average Bonchev–Trinajstić information content (AvgIpc) is 2.98. The van der Waals surface area contributed by atoms with Crippen molar-refractivity contribution < 1.29 is 8.42 Å². The second kappa shape index (κ2) is 5.29. The van der Waals surface area contributed by atoms with Gasteiger partial charge in [-0.05, 0) is 18.8 Å². The van der Waals surface area contributed by atoms with Crippen LogP contribution in [0.5, 0.6) is 0 Å². The molecule has 0 spiro atoms. The molecule has 3 heterocycles. The van der Waals surface area contributed by atoms with Gasteiger partial charge in [0.1, 0.15) is 0 Å². The van der Waals surface area contributed by atoms with Crippen molar-refractivity contribution in [2.75, 3.05) is 13.1 Å². The van der Waals surface area contributed by atoms with Crippen molar-refractivity contribution in [1.29, 1.82) is 0 Å². The lowest BCUT2D eigenvalue weighted by molar-refractivity contribution is 0.268. The van der Waals surface area contributed by atoms with Crippen molar-refractivity contribution in [2.24, 2.45) is 5.92 Å². The van der Waals surface area contributed by atoms with Gasteiger partial charge < -0.3 is 0 Å². The van der Waals surface area contributed by atoms with E-state index >= 15 is 0 Å². The molecule has 0 radical (unpaired) electrons. The fourth-order valence-corrected chi connectivity index (χ4v) is 5.53. The van der Waals surface area contributed by atoms with Gasteiger partial charge in [-0.25, -0.2) is 13.4 Å². The summed E-state index contributed by atoms with van der Waals surface area (Å²) >= 11 is 7.41. The highest BCUT2D eigenvalue weighted by Crippen LogP contribution is 2.30. The van der Waals surface area contributed by atoms with Gasteiger partial charge in [0, 0.05) is 24.7 Å². The number of piperidine rings is 1. The van der Waals surface area contributed by atoms with Gasteiger partial charge >= 0.3 is 0 Å². The number of hydrogen-bond acceptors (Lipinski definition) is 4. The van der Waals surface area contributed by atoms with E-state index in [1.165, 1.54) is 15.6 Å². The molecular formula is C12H16ClN3O2S2. The molecule has 0 aromatic carbocycles. The molecule has 1 aliphatic rings. The average molecular weight is 334 g/mol. The van der Waals surface area contributed by atoms with Gasteiger partial charge in [-0.3, -0.25) is 4.40 Å². The van der Waals surface area contributed by atoms with Crippen molar-refractivity contribution in [3.8, 4) is 0 Å². The highest BCUT2D eigenvalue weighted by atomic mass is 35.5. The summed E-state index contributed by atoms with van der Waals surface area (Å²) in [6.45, 7) is 3.28. The van der Waals surface area contributed by atoms with Gasteiger partial charge in [-0.2, -0.15) is 4.31 Å². The fraction of sp³-hybridized carbons (Fsp3) is 0.583. The highest BCUT2D eigenvalue weighted by molar-refractivity contribution is 7.89. The Morgan fingerprint density at radius 2 is 2.15 bits per heavy atom. The molecule has 1 saturated heterocycles. The molecule has 0 N–H and O–H groups in total. The number of nitrogens with zero attached hydrogens (tertiary/aromatic N) is 3. The maximum absolute atomic E-state index is 12.8. The number of thiazole rings is 1. The van der Waals surface area contributed by atoms with Crippen LogP contribution in [0, 0.1) is 5.92 Å². The summed E-state index contributed by atoms with van der Waals surface area (Å²) in [4.78, 5) is 4.71. The van der Waals surface area contributed by atoms with E-state index in [9.17, 15) is 8.42 Å². The molecule has 0 unspecified atom stereocenters. The molecule has 8 heteroatoms. The normalized spacial score (nSPS) is 18.9. The summed E-state index contributed by atoms with van der Waals surface area (Å²) in [5.74, 6) is 0.628. The van der Waals surface area contributed by atoms with Crippen molar-refractivity contribution in [2.45, 2.75) is 31.2 Å². The lowest BCUT2D eigenvalue weighted by Gasteiger charge is -2.30. The summed E-state index contributed by atoms with van der Waals surface area (Å²) in [5, 5.41) is 1.97. The molecule has 0 amide bonds. The third kappa shape index (κ3) is 2.26. The maximum atomic E-state index is 12.8. The smallest absolute Gasteiger partial charge is 0.262 e. The maximum Gasteiger partial charge on any atom is 0.262 e. The second-order valence-corrected chi connectivity index (χ2v) is 8.10. The number of sulfonamides is 1. The van der Waals surface area contributed by atoms with E-state index in [1.54, 1.807) is 16.0 Å². The summed E-state index contributed by atoms with van der Waals surface area (Å²) in [5.41, 5.74) is 0. The molecule has 5 nitrogen and oxygen atoms in total. The van der Waals surface area contributed by atoms with E-state index in [1.807, 2.05) is 0 Å². The van der Waals surface area contributed by atoms with Gasteiger partial charge in [0.25, 0.3) is 10.0 Å². The third-order valence-corrected chi connectivity index (χ3v) is 6.97. The number of fused-ring (bicyclic) bond motifs is 1. The van der Waals surface area contributed by atoms with Gasteiger partial charge in [0.15, 0.2) is 15.1 Å². The zero-order valence-corrected chi connectivity index (χ0v) is 13.5. The SMILES string of the molecule is CCC1CCN(S(=O)(=O)c2c(Cl)nc3sccn23)CC1. The largest absolute Gasteiger partial charge is 0.279 e. The first-order chi connectivity index (χ1) is 9.54. The van der Waals surface area contributed by atoms with Gasteiger partial charge in [-0.15, -0.1) is 11.3 Å². The van der Waals surface area contributed by atoms with E-state index < -0.39 is 10.0 Å². The second-order valence-electron chi connectivity index (χ2n) is 5.02. The molecule has 0 atom stereocenters. The van der Waals surface area contributed by atoms with Gasteiger partial charge in [-0.1, -0.05) is 24.9 Å². The Bertz CT molecular complexity index is 714. The topological polar surface area (TPSA) is 54.7 Å². The van der Waals surface area contributed by atoms with Crippen molar-refractivity contribution >= 4 is 37.9 Å². The highest BCUT2D eigenvalue weighted by Gasteiger charge is 2.33. The first-order valence-electron chi connectivity index (χ1n) is 6.65. The van der Waals surface area contributed by atoms with Crippen LogP contribution in [0.4, 0.5) is 0 Å². The Labute approximate surface area is 127 Å². The Morgan fingerprint density at radius 1 is 1.45 bits per heavy atom. The van der Waals surface area contributed by atoms with Crippen molar-refractivity contribution in [1.82, 2.24) is 13.7 Å². The molecule has 20 heavy (non-hydrogen) atoms. The van der Waals surface area contributed by atoms with E-state index in [2.05, 4.69) is 11.9 Å². The quantitative estimate of drug-likeness (QED) is 0.867. The van der Waals surface area contributed by atoms with E-state index in [0.29, 0.717) is 24.0 Å². The van der Waals surface area contributed by atoms with Crippen LogP contribution in [0.3, 0.4) is 0 Å². The van der Waals surface area contributed by atoms with Crippen molar-refractivity contribution in [3.05, 3.63) is 16.7 Å². The molecule has 0 aliphatic carbocycles. The monoisotopic (exact) mass is 333 g/mol. The van der Waals surface area contributed by atoms with Gasteiger partial charge in [0.2, 0.25) is 0 Å². The minimum absolute atomic E-state index is 0.0643. The van der Waals surface area contributed by atoms with E-state index in [-0.39, 0.29) is 10.2 Å². The van der Waals surface area contributed by atoms with Crippen LogP contribution in [-0.4, -0.2) is 35.2 Å². The molecule has 2 aromatic rings. The standard InChI is InChI=1S/C12H16ClN3O2S2/c1-2-9-3-5-15(6-4-9)20(17,18)11-10(13)14-12-16(11)7-8-19-12/h7-9H,2-6H2,1H3. The number of halogens is 1. The molecule has 3 rings (SSSR count). The minimum Gasteiger partial charge on any atom is -0.279 e. The van der Waals surface area contributed by atoms with Crippen LogP contribution in [0.15, 0.2) is 16.6 Å². The molecule has 0 saturated carbocycles.